The number of hydrogen-bond acceptors (Lipinski definition) is 3. The van der Waals surface area contributed by atoms with E-state index in [1.54, 1.807) is 6.20 Å². The Morgan fingerprint density at radius 3 is 2.45 bits per heavy atom. The zero-order valence-electron chi connectivity index (χ0n) is 13.6. The minimum absolute atomic E-state index is 0.0617. The average Bonchev–Trinajstić information content (AvgIpc) is 2.59. The van der Waals surface area contributed by atoms with E-state index in [1.165, 1.54) is 5.56 Å². The molecule has 1 unspecified atom stereocenters. The normalized spacial score (nSPS) is 12.5. The molecule has 0 fully saturated rings. The summed E-state index contributed by atoms with van der Waals surface area (Å²) in [5.41, 5.74) is 2.44. The summed E-state index contributed by atoms with van der Waals surface area (Å²) in [5, 5.41) is 0. The molecule has 0 aliphatic heterocycles. The van der Waals surface area contributed by atoms with Gasteiger partial charge >= 0.3 is 0 Å². The maximum atomic E-state index is 6.18. The van der Waals surface area contributed by atoms with Crippen LogP contribution in [0.15, 0.2) is 54.9 Å². The van der Waals surface area contributed by atoms with Crippen LogP contribution in [-0.4, -0.2) is 36.1 Å². The van der Waals surface area contributed by atoms with Crippen LogP contribution in [0.2, 0.25) is 0 Å². The van der Waals surface area contributed by atoms with Crippen LogP contribution in [0.4, 0.5) is 0 Å². The molecule has 0 bridgehead atoms. The van der Waals surface area contributed by atoms with Gasteiger partial charge in [-0.05, 0) is 30.3 Å². The topological polar surface area (TPSA) is 25.4 Å². The van der Waals surface area contributed by atoms with Crippen LogP contribution in [0.5, 0.6) is 0 Å². The summed E-state index contributed by atoms with van der Waals surface area (Å²) >= 11 is 0. The van der Waals surface area contributed by atoms with E-state index in [0.717, 1.165) is 38.2 Å². The molecule has 0 aliphatic carbocycles. The minimum Gasteiger partial charge on any atom is -0.372 e. The van der Waals surface area contributed by atoms with Crippen molar-refractivity contribution in [3.05, 3.63) is 66.0 Å². The summed E-state index contributed by atoms with van der Waals surface area (Å²) in [7, 11) is 0. The van der Waals surface area contributed by atoms with Crippen LogP contribution in [-0.2, 0) is 11.2 Å². The Hall–Kier alpha value is -1.71. The first-order valence-corrected chi connectivity index (χ1v) is 8.11. The van der Waals surface area contributed by atoms with E-state index in [4.69, 9.17) is 4.74 Å². The summed E-state index contributed by atoms with van der Waals surface area (Å²) in [4.78, 5) is 6.61. The first-order valence-electron chi connectivity index (χ1n) is 8.11. The summed E-state index contributed by atoms with van der Waals surface area (Å²) in [6.45, 7) is 8.22. The summed E-state index contributed by atoms with van der Waals surface area (Å²) in [6.07, 6.45) is 4.65. The molecular weight excluding hydrogens is 272 g/mol. The molecule has 1 atom stereocenters. The molecule has 0 spiro atoms. The summed E-state index contributed by atoms with van der Waals surface area (Å²) < 4.78 is 6.18. The molecular formula is C19H26N2O. The number of likely N-dealkylation sites (N-methyl/N-ethyl adjacent to an activating group) is 1. The van der Waals surface area contributed by atoms with Gasteiger partial charge in [0.05, 0.1) is 12.7 Å². The number of pyridine rings is 1. The van der Waals surface area contributed by atoms with Crippen LogP contribution < -0.4 is 0 Å². The predicted molar refractivity (Wildman–Crippen MR) is 90.9 cm³/mol. The lowest BCUT2D eigenvalue weighted by Gasteiger charge is -2.22. The van der Waals surface area contributed by atoms with E-state index in [9.17, 15) is 0 Å². The van der Waals surface area contributed by atoms with Crippen molar-refractivity contribution in [1.82, 2.24) is 9.88 Å². The van der Waals surface area contributed by atoms with Crippen molar-refractivity contribution < 1.29 is 4.74 Å². The van der Waals surface area contributed by atoms with Gasteiger partial charge in [-0.2, -0.15) is 0 Å². The quantitative estimate of drug-likeness (QED) is 0.705. The van der Waals surface area contributed by atoms with Crippen LogP contribution in [0.3, 0.4) is 0 Å². The lowest BCUT2D eigenvalue weighted by molar-refractivity contribution is 0.0381. The van der Waals surface area contributed by atoms with Crippen molar-refractivity contribution in [3.8, 4) is 0 Å². The number of ether oxygens (including phenoxy) is 1. The lowest BCUT2D eigenvalue weighted by atomic mass is 10.0. The lowest BCUT2D eigenvalue weighted by Crippen LogP contribution is -2.27. The molecule has 118 valence electrons. The van der Waals surface area contributed by atoms with Gasteiger partial charge in [0.1, 0.15) is 0 Å². The number of rotatable bonds is 9. The minimum atomic E-state index is 0.0617. The second-order valence-electron chi connectivity index (χ2n) is 5.36. The number of hydrogen-bond donors (Lipinski definition) is 0. The monoisotopic (exact) mass is 298 g/mol. The molecule has 0 radical (unpaired) electrons. The molecule has 22 heavy (non-hydrogen) atoms. The largest absolute Gasteiger partial charge is 0.372 e. The third kappa shape index (κ3) is 5.24. The molecule has 0 aliphatic rings. The second-order valence-corrected chi connectivity index (χ2v) is 5.36. The standard InChI is InChI=1S/C19H26N2O/c1-3-21(4-2)13-14-22-19(18-11-8-12-20-16-18)15-17-9-6-5-7-10-17/h5-12,16,19H,3-4,13-15H2,1-2H3. The first kappa shape index (κ1) is 16.7. The molecule has 1 aromatic heterocycles. The van der Waals surface area contributed by atoms with Crippen molar-refractivity contribution in [1.29, 1.82) is 0 Å². The molecule has 3 nitrogen and oxygen atoms in total. The van der Waals surface area contributed by atoms with Gasteiger partial charge in [-0.1, -0.05) is 50.2 Å². The first-order chi connectivity index (χ1) is 10.8. The Balaban J connectivity index is 1.99. The molecule has 1 aromatic carbocycles. The Kier molecular flexibility index (Phi) is 7.07. The van der Waals surface area contributed by atoms with Crippen LogP contribution in [0, 0.1) is 0 Å². The Bertz CT molecular complexity index is 511. The zero-order valence-corrected chi connectivity index (χ0v) is 13.6. The molecule has 0 saturated carbocycles. The predicted octanol–water partition coefficient (Wildman–Crippen LogP) is 3.72. The van der Waals surface area contributed by atoms with Gasteiger partial charge in [0.2, 0.25) is 0 Å². The molecule has 2 aromatic rings. The SMILES string of the molecule is CCN(CC)CCOC(Cc1ccccc1)c1cccnc1. The van der Waals surface area contributed by atoms with E-state index in [-0.39, 0.29) is 6.10 Å². The van der Waals surface area contributed by atoms with Crippen LogP contribution >= 0.6 is 0 Å². The fourth-order valence-electron chi connectivity index (χ4n) is 2.53. The van der Waals surface area contributed by atoms with Crippen molar-refractivity contribution in [2.45, 2.75) is 26.4 Å². The van der Waals surface area contributed by atoms with Crippen LogP contribution in [0.25, 0.3) is 0 Å². The second kappa shape index (κ2) is 9.34. The summed E-state index contributed by atoms with van der Waals surface area (Å²) in [6, 6.07) is 14.6. The maximum absolute atomic E-state index is 6.18. The highest BCUT2D eigenvalue weighted by Crippen LogP contribution is 2.21. The van der Waals surface area contributed by atoms with E-state index < -0.39 is 0 Å². The van der Waals surface area contributed by atoms with E-state index in [1.807, 2.05) is 18.3 Å². The van der Waals surface area contributed by atoms with Gasteiger partial charge in [-0.25, -0.2) is 0 Å². The smallest absolute Gasteiger partial charge is 0.0880 e. The van der Waals surface area contributed by atoms with E-state index >= 15 is 0 Å². The van der Waals surface area contributed by atoms with E-state index in [2.05, 4.69) is 54.1 Å². The third-order valence-electron chi connectivity index (χ3n) is 3.94. The highest BCUT2D eigenvalue weighted by Gasteiger charge is 2.13. The van der Waals surface area contributed by atoms with Crippen molar-refractivity contribution in [3.63, 3.8) is 0 Å². The fourth-order valence-corrected chi connectivity index (χ4v) is 2.53. The Labute approximate surface area is 134 Å². The van der Waals surface area contributed by atoms with Crippen LogP contribution in [0.1, 0.15) is 31.1 Å². The summed E-state index contributed by atoms with van der Waals surface area (Å²) in [5.74, 6) is 0. The van der Waals surface area contributed by atoms with Crippen molar-refractivity contribution in [2.24, 2.45) is 0 Å². The fraction of sp³-hybridized carbons (Fsp3) is 0.421. The van der Waals surface area contributed by atoms with Gasteiger partial charge in [0, 0.05) is 25.4 Å². The number of aromatic nitrogens is 1. The third-order valence-corrected chi connectivity index (χ3v) is 3.94. The molecule has 0 saturated heterocycles. The highest BCUT2D eigenvalue weighted by molar-refractivity contribution is 5.20. The number of nitrogens with zero attached hydrogens (tertiary/aromatic N) is 2. The van der Waals surface area contributed by atoms with Gasteiger partial charge in [-0.3, -0.25) is 4.98 Å². The number of benzene rings is 1. The average molecular weight is 298 g/mol. The molecule has 1 heterocycles. The van der Waals surface area contributed by atoms with Gasteiger partial charge < -0.3 is 9.64 Å². The highest BCUT2D eigenvalue weighted by atomic mass is 16.5. The molecule has 3 heteroatoms. The molecule has 0 N–H and O–H groups in total. The maximum Gasteiger partial charge on any atom is 0.0880 e. The van der Waals surface area contributed by atoms with Gasteiger partial charge in [-0.15, -0.1) is 0 Å². The van der Waals surface area contributed by atoms with Gasteiger partial charge in [0.15, 0.2) is 0 Å². The Morgan fingerprint density at radius 2 is 1.82 bits per heavy atom. The molecule has 0 amide bonds. The van der Waals surface area contributed by atoms with Gasteiger partial charge in [0.25, 0.3) is 0 Å². The van der Waals surface area contributed by atoms with E-state index in [0.29, 0.717) is 0 Å². The Morgan fingerprint density at radius 1 is 1.05 bits per heavy atom. The molecule has 2 rings (SSSR count). The van der Waals surface area contributed by atoms with Crippen molar-refractivity contribution >= 4 is 0 Å². The zero-order chi connectivity index (χ0) is 15.6. The van der Waals surface area contributed by atoms with Crippen molar-refractivity contribution in [2.75, 3.05) is 26.2 Å².